The van der Waals surface area contributed by atoms with Gasteiger partial charge in [-0.2, -0.15) is 0 Å². The highest BCUT2D eigenvalue weighted by molar-refractivity contribution is 6.47. The van der Waals surface area contributed by atoms with Gasteiger partial charge in [-0.3, -0.25) is 49.3 Å². The summed E-state index contributed by atoms with van der Waals surface area (Å²) < 4.78 is 21.5. The molecular formula is C44H58N14O7. The number of rotatable bonds is 23. The van der Waals surface area contributed by atoms with Gasteiger partial charge in [-0.25, -0.2) is 15.0 Å². The second-order valence-corrected chi connectivity index (χ2v) is 16.0. The molecule has 4 amide bonds. The molecule has 2 aliphatic carbocycles. The molecule has 1 saturated heterocycles. The molecule has 0 bridgehead atoms. The van der Waals surface area contributed by atoms with Crippen LogP contribution in [0.1, 0.15) is 66.7 Å². The summed E-state index contributed by atoms with van der Waals surface area (Å²) in [5.74, 6) is -1.24. The van der Waals surface area contributed by atoms with Crippen LogP contribution in [0, 0.1) is 11.8 Å². The molecule has 65 heavy (non-hydrogen) atoms. The number of hydrogen-bond donors (Lipinski definition) is 6. The molecule has 0 atom stereocenters. The topological polar surface area (TPSA) is 301 Å². The SMILES string of the molecule is CCN=C(/C=C(\N)C1CC1)C(=O)Nc1nc2cc(C(N)=O)cnc2n1CCOCCn1c(NC(=O)C(/C=C(\N)C2CC2)=NCC)nc2cc(C(N)=O)cc(OCCCN3CCOCC3)c21. The second-order valence-electron chi connectivity index (χ2n) is 16.0. The Morgan fingerprint density at radius 3 is 1.88 bits per heavy atom. The van der Waals surface area contributed by atoms with E-state index in [0.29, 0.717) is 78.7 Å². The van der Waals surface area contributed by atoms with E-state index in [0.717, 1.165) is 45.3 Å². The van der Waals surface area contributed by atoms with E-state index >= 15 is 0 Å². The van der Waals surface area contributed by atoms with Crippen molar-refractivity contribution in [1.29, 1.82) is 0 Å². The van der Waals surface area contributed by atoms with Crippen LogP contribution >= 0.6 is 0 Å². The van der Waals surface area contributed by atoms with Gasteiger partial charge < -0.3 is 41.7 Å². The number of carbonyl (C=O) groups excluding carboxylic acids is 4. The molecule has 4 heterocycles. The standard InChI is InChI=1S/C44H58N14O7/c1-3-49-34(23-30(45)26-6-7-26)41(61)54-43-52-32-20-28(38(47)59)22-36(65-15-5-10-56-11-16-63-17-12-56)37(32)57(43)13-18-64-19-14-58-40-33(21-29(25-51-40)39(48)60)53-44(58)55-42(62)35(50-4-2)24-31(46)27-8-9-27/h20-27H,3-19,45-46H2,1-2H3,(H2,47,59)(H2,48,60)(H,52,54,61)(H,53,55,62)/b30-23-,31-24-,49-34?,50-35?. The number of nitrogens with zero attached hydrogens (tertiary/aromatic N) is 8. The minimum absolute atomic E-state index is 0.110. The van der Waals surface area contributed by atoms with Gasteiger partial charge in [0.25, 0.3) is 11.8 Å². The lowest BCUT2D eigenvalue weighted by Gasteiger charge is -2.26. The number of aromatic nitrogens is 5. The van der Waals surface area contributed by atoms with Gasteiger partial charge in [0.2, 0.25) is 23.7 Å². The Balaban J connectivity index is 1.13. The molecule has 21 heteroatoms. The van der Waals surface area contributed by atoms with E-state index in [2.05, 4.69) is 35.5 Å². The molecule has 0 radical (unpaired) electrons. The highest BCUT2D eigenvalue weighted by Crippen LogP contribution is 2.35. The predicted molar refractivity (Wildman–Crippen MR) is 246 cm³/mol. The molecule has 3 aromatic heterocycles. The minimum atomic E-state index is -0.677. The number of nitrogens with two attached hydrogens (primary N) is 4. The maximum atomic E-state index is 13.8. The van der Waals surface area contributed by atoms with Crippen molar-refractivity contribution in [3.63, 3.8) is 0 Å². The quantitative estimate of drug-likeness (QED) is 0.0460. The number of hydrogen-bond acceptors (Lipinski definition) is 15. The molecule has 1 aliphatic heterocycles. The largest absolute Gasteiger partial charge is 0.491 e. The van der Waals surface area contributed by atoms with Crippen LogP contribution in [0.3, 0.4) is 0 Å². The number of amides is 4. The summed E-state index contributed by atoms with van der Waals surface area (Å²) >= 11 is 0. The first-order chi connectivity index (χ1) is 31.4. The zero-order valence-electron chi connectivity index (χ0n) is 36.9. The van der Waals surface area contributed by atoms with Crippen LogP contribution in [0.25, 0.3) is 22.2 Å². The molecule has 21 nitrogen and oxygen atoms in total. The second kappa shape index (κ2) is 21.3. The molecule has 4 aromatic rings. The Morgan fingerprint density at radius 2 is 1.31 bits per heavy atom. The van der Waals surface area contributed by atoms with Crippen LogP contribution in [0.5, 0.6) is 5.75 Å². The summed E-state index contributed by atoms with van der Waals surface area (Å²) in [6.07, 6.45) is 9.09. The Kier molecular flexibility index (Phi) is 15.2. The van der Waals surface area contributed by atoms with E-state index in [-0.39, 0.29) is 72.6 Å². The van der Waals surface area contributed by atoms with Crippen LogP contribution in [0.15, 0.2) is 57.9 Å². The number of aliphatic imine (C=N–C) groups is 2. The summed E-state index contributed by atoms with van der Waals surface area (Å²) in [6, 6.07) is 4.64. The number of fused-ring (bicyclic) bond motifs is 2. The molecule has 7 rings (SSSR count). The van der Waals surface area contributed by atoms with Crippen molar-refractivity contribution in [1.82, 2.24) is 29.0 Å². The average molecular weight is 895 g/mol. The monoisotopic (exact) mass is 894 g/mol. The van der Waals surface area contributed by atoms with Crippen LogP contribution in [-0.2, 0) is 32.2 Å². The van der Waals surface area contributed by atoms with E-state index in [4.69, 9.17) is 42.1 Å². The third kappa shape index (κ3) is 11.9. The van der Waals surface area contributed by atoms with Gasteiger partial charge in [-0.05, 0) is 88.1 Å². The zero-order chi connectivity index (χ0) is 46.0. The molecule has 1 aromatic carbocycles. The number of carbonyl (C=O) groups is 4. The molecule has 0 unspecified atom stereocenters. The average Bonchev–Trinajstić information content (AvgIpc) is 4.24. The molecule has 10 N–H and O–H groups in total. The predicted octanol–water partition coefficient (Wildman–Crippen LogP) is 2.10. The number of imidazole rings is 2. The first-order valence-electron chi connectivity index (χ1n) is 22.1. The van der Waals surface area contributed by atoms with Crippen molar-refractivity contribution in [2.75, 3.05) is 76.4 Å². The summed E-state index contributed by atoms with van der Waals surface area (Å²) in [6.45, 7) is 9.10. The smallest absolute Gasteiger partial charge is 0.276 e. The van der Waals surface area contributed by atoms with E-state index < -0.39 is 23.6 Å². The van der Waals surface area contributed by atoms with Crippen molar-refractivity contribution >= 4 is 69.1 Å². The van der Waals surface area contributed by atoms with Crippen LogP contribution in [0.4, 0.5) is 11.9 Å². The lowest BCUT2D eigenvalue weighted by Crippen LogP contribution is -2.37. The first kappa shape index (κ1) is 46.3. The van der Waals surface area contributed by atoms with Crippen molar-refractivity contribution in [2.24, 2.45) is 44.8 Å². The molecule has 346 valence electrons. The highest BCUT2D eigenvalue weighted by atomic mass is 16.5. The van der Waals surface area contributed by atoms with E-state index in [1.54, 1.807) is 33.4 Å². The van der Waals surface area contributed by atoms with Gasteiger partial charge in [-0.1, -0.05) is 0 Å². The summed E-state index contributed by atoms with van der Waals surface area (Å²) in [7, 11) is 0. The van der Waals surface area contributed by atoms with Gasteiger partial charge >= 0.3 is 0 Å². The number of morpholine rings is 1. The maximum Gasteiger partial charge on any atom is 0.276 e. The fraction of sp³-hybridized carbons (Fsp3) is 0.477. The Labute approximate surface area is 375 Å². The normalized spacial score (nSPS) is 16.6. The highest BCUT2D eigenvalue weighted by Gasteiger charge is 2.28. The fourth-order valence-corrected chi connectivity index (χ4v) is 7.38. The minimum Gasteiger partial charge on any atom is -0.491 e. The number of pyridine rings is 1. The number of allylic oxidation sites excluding steroid dienone is 2. The van der Waals surface area contributed by atoms with Crippen LogP contribution in [-0.4, -0.2) is 130 Å². The van der Waals surface area contributed by atoms with Gasteiger partial charge in [0, 0.05) is 62.4 Å². The van der Waals surface area contributed by atoms with Crippen molar-refractivity contribution in [3.8, 4) is 5.75 Å². The molecule has 0 spiro atoms. The van der Waals surface area contributed by atoms with Crippen LogP contribution < -0.4 is 38.3 Å². The van der Waals surface area contributed by atoms with Crippen molar-refractivity contribution < 1.29 is 33.4 Å². The lowest BCUT2D eigenvalue weighted by molar-refractivity contribution is -0.111. The summed E-state index contributed by atoms with van der Waals surface area (Å²) in [5.41, 5.74) is 27.3. The lowest BCUT2D eigenvalue weighted by atomic mass is 10.1. The number of benzene rings is 1. The number of ether oxygens (including phenoxy) is 3. The zero-order valence-corrected chi connectivity index (χ0v) is 36.9. The Bertz CT molecular complexity index is 2540. The van der Waals surface area contributed by atoms with E-state index in [1.165, 1.54) is 12.3 Å². The number of nitrogens with one attached hydrogen (secondary N) is 2. The molecule has 2 saturated carbocycles. The maximum absolute atomic E-state index is 13.8. The summed E-state index contributed by atoms with van der Waals surface area (Å²) in [4.78, 5) is 76.9. The van der Waals surface area contributed by atoms with Crippen LogP contribution in [0.2, 0.25) is 0 Å². The third-order valence-corrected chi connectivity index (χ3v) is 11.1. The molecular weight excluding hydrogens is 837 g/mol. The first-order valence-corrected chi connectivity index (χ1v) is 22.1. The third-order valence-electron chi connectivity index (χ3n) is 11.1. The van der Waals surface area contributed by atoms with E-state index in [9.17, 15) is 19.2 Å². The Morgan fingerprint density at radius 1 is 0.754 bits per heavy atom. The van der Waals surface area contributed by atoms with Gasteiger partial charge in [0.05, 0.1) is 50.7 Å². The molecule has 3 aliphatic rings. The summed E-state index contributed by atoms with van der Waals surface area (Å²) in [5, 5.41) is 5.76. The van der Waals surface area contributed by atoms with Gasteiger partial charge in [0.15, 0.2) is 5.65 Å². The van der Waals surface area contributed by atoms with Crippen molar-refractivity contribution in [3.05, 3.63) is 59.1 Å². The van der Waals surface area contributed by atoms with Crippen molar-refractivity contribution in [2.45, 2.75) is 59.0 Å². The Hall–Kier alpha value is -6.71. The molecule has 3 fully saturated rings. The van der Waals surface area contributed by atoms with Gasteiger partial charge in [-0.15, -0.1) is 0 Å². The number of primary amides is 2. The number of anilines is 2. The fourth-order valence-electron chi connectivity index (χ4n) is 7.38. The van der Waals surface area contributed by atoms with Gasteiger partial charge in [0.1, 0.15) is 28.2 Å². The van der Waals surface area contributed by atoms with E-state index in [1.807, 2.05) is 13.8 Å².